The summed E-state index contributed by atoms with van der Waals surface area (Å²) in [6.45, 7) is 0. The van der Waals surface area contributed by atoms with Crippen LogP contribution in [0.2, 0.25) is 0 Å². The molecule has 1 heterocycles. The van der Waals surface area contributed by atoms with Crippen LogP contribution < -0.4 is 5.73 Å². The first-order valence-electron chi connectivity index (χ1n) is 5.37. The number of primary amides is 1. The molecule has 0 saturated carbocycles. The summed E-state index contributed by atoms with van der Waals surface area (Å²) < 4.78 is 18.2. The molecule has 0 saturated heterocycles. The summed E-state index contributed by atoms with van der Waals surface area (Å²) in [6.07, 6.45) is 1.26. The van der Waals surface area contributed by atoms with Gasteiger partial charge < -0.3 is 10.2 Å². The van der Waals surface area contributed by atoms with Gasteiger partial charge in [0.05, 0.1) is 0 Å². The maximum Gasteiger partial charge on any atom is 0.259 e. The smallest absolute Gasteiger partial charge is 0.259 e. The van der Waals surface area contributed by atoms with Crippen LogP contribution in [0.1, 0.15) is 5.76 Å². The number of carbonyl (C=O) groups excluding carboxylic acids is 1. The highest BCUT2D eigenvalue weighted by Gasteiger charge is 2.07. The molecule has 19 heavy (non-hydrogen) atoms. The number of furan rings is 1. The Bertz CT molecular complexity index is 678. The Morgan fingerprint density at radius 3 is 2.53 bits per heavy atom. The standard InChI is InChI=1S/C14H9FN2O2/c15-11-3-1-9(2-4-11)13-6-5-12(19-13)7-10(8-16)14(17)18/h1-7H,(H2,17,18)/b10-7-. The van der Waals surface area contributed by atoms with Crippen LogP contribution in [0.15, 0.2) is 46.4 Å². The van der Waals surface area contributed by atoms with Gasteiger partial charge in [-0.2, -0.15) is 5.26 Å². The summed E-state index contributed by atoms with van der Waals surface area (Å²) in [5.41, 5.74) is 5.52. The largest absolute Gasteiger partial charge is 0.457 e. The van der Waals surface area contributed by atoms with E-state index < -0.39 is 5.91 Å². The topological polar surface area (TPSA) is 80.0 Å². The van der Waals surface area contributed by atoms with Crippen molar-refractivity contribution in [2.45, 2.75) is 0 Å². The minimum Gasteiger partial charge on any atom is -0.457 e. The van der Waals surface area contributed by atoms with Crippen molar-refractivity contribution in [3.8, 4) is 17.4 Å². The number of nitrogens with zero attached hydrogens (tertiary/aromatic N) is 1. The summed E-state index contributed by atoms with van der Waals surface area (Å²) in [4.78, 5) is 10.9. The molecule has 0 aliphatic heterocycles. The third-order valence-electron chi connectivity index (χ3n) is 2.43. The SMILES string of the molecule is N#C/C(=C/c1ccc(-c2ccc(F)cc2)o1)C(N)=O. The highest BCUT2D eigenvalue weighted by atomic mass is 19.1. The number of nitrogens with two attached hydrogens (primary N) is 1. The van der Waals surface area contributed by atoms with Crippen molar-refractivity contribution in [2.24, 2.45) is 5.73 Å². The van der Waals surface area contributed by atoms with Gasteiger partial charge in [-0.25, -0.2) is 4.39 Å². The fourth-order valence-electron chi connectivity index (χ4n) is 1.50. The molecule has 5 heteroatoms. The second-order valence-electron chi connectivity index (χ2n) is 3.74. The van der Waals surface area contributed by atoms with Crippen molar-refractivity contribution in [3.63, 3.8) is 0 Å². The number of benzene rings is 1. The predicted molar refractivity (Wildman–Crippen MR) is 66.9 cm³/mol. The maximum absolute atomic E-state index is 12.8. The number of rotatable bonds is 3. The lowest BCUT2D eigenvalue weighted by Gasteiger charge is -1.96. The van der Waals surface area contributed by atoms with Crippen molar-refractivity contribution >= 4 is 12.0 Å². The Morgan fingerprint density at radius 1 is 1.26 bits per heavy atom. The Hall–Kier alpha value is -2.87. The predicted octanol–water partition coefficient (Wildman–Crippen LogP) is 2.48. The monoisotopic (exact) mass is 256 g/mol. The molecule has 0 unspecified atom stereocenters. The fraction of sp³-hybridized carbons (Fsp3) is 0. The molecule has 1 aromatic carbocycles. The minimum atomic E-state index is -0.817. The lowest BCUT2D eigenvalue weighted by atomic mass is 10.2. The molecule has 0 radical (unpaired) electrons. The van der Waals surface area contributed by atoms with Gasteiger partial charge in [-0.15, -0.1) is 0 Å². The van der Waals surface area contributed by atoms with Crippen molar-refractivity contribution in [3.05, 3.63) is 53.5 Å². The van der Waals surface area contributed by atoms with E-state index in [-0.39, 0.29) is 11.4 Å². The van der Waals surface area contributed by atoms with E-state index >= 15 is 0 Å². The molecule has 94 valence electrons. The van der Waals surface area contributed by atoms with E-state index in [0.717, 1.165) is 0 Å². The minimum absolute atomic E-state index is 0.194. The summed E-state index contributed by atoms with van der Waals surface area (Å²) >= 11 is 0. The third-order valence-corrected chi connectivity index (χ3v) is 2.43. The molecule has 2 aromatic rings. The van der Waals surface area contributed by atoms with Gasteiger partial charge in [-0.3, -0.25) is 4.79 Å². The second kappa shape index (κ2) is 5.19. The van der Waals surface area contributed by atoms with E-state index in [1.54, 1.807) is 30.3 Å². The second-order valence-corrected chi connectivity index (χ2v) is 3.74. The van der Waals surface area contributed by atoms with Crippen molar-refractivity contribution in [1.29, 1.82) is 5.26 Å². The van der Waals surface area contributed by atoms with Crippen molar-refractivity contribution < 1.29 is 13.6 Å². The Balaban J connectivity index is 2.32. The lowest BCUT2D eigenvalue weighted by Crippen LogP contribution is -2.12. The maximum atomic E-state index is 12.8. The molecule has 0 aliphatic rings. The van der Waals surface area contributed by atoms with Crippen LogP contribution in [0, 0.1) is 17.1 Å². The molecular weight excluding hydrogens is 247 g/mol. The van der Waals surface area contributed by atoms with Crippen molar-refractivity contribution in [1.82, 2.24) is 0 Å². The zero-order chi connectivity index (χ0) is 13.8. The summed E-state index contributed by atoms with van der Waals surface area (Å²) in [5, 5.41) is 8.71. The quantitative estimate of drug-likeness (QED) is 0.676. The van der Waals surface area contributed by atoms with Gasteiger partial charge in [0.2, 0.25) is 0 Å². The number of carbonyl (C=O) groups is 1. The Kier molecular flexibility index (Phi) is 3.44. The summed E-state index contributed by atoms with van der Waals surface area (Å²) in [5.74, 6) is -0.319. The van der Waals surface area contributed by atoms with Crippen LogP contribution in [0.3, 0.4) is 0 Å². The molecule has 0 atom stereocenters. The van der Waals surface area contributed by atoms with E-state index in [1.165, 1.54) is 18.2 Å². The number of hydrogen-bond donors (Lipinski definition) is 1. The summed E-state index contributed by atoms with van der Waals surface area (Å²) in [6, 6.07) is 10.7. The number of halogens is 1. The molecule has 2 N–H and O–H groups in total. The van der Waals surface area contributed by atoms with Crippen LogP contribution in [0.25, 0.3) is 17.4 Å². The number of hydrogen-bond acceptors (Lipinski definition) is 3. The van der Waals surface area contributed by atoms with Crippen LogP contribution in [-0.2, 0) is 4.79 Å². The molecule has 4 nitrogen and oxygen atoms in total. The zero-order valence-electron chi connectivity index (χ0n) is 9.76. The fourth-order valence-corrected chi connectivity index (χ4v) is 1.50. The summed E-state index contributed by atoms with van der Waals surface area (Å²) in [7, 11) is 0. The molecule has 0 spiro atoms. The van der Waals surface area contributed by atoms with Crippen LogP contribution in [-0.4, -0.2) is 5.91 Å². The molecular formula is C14H9FN2O2. The highest BCUT2D eigenvalue weighted by molar-refractivity contribution is 6.00. The average molecular weight is 256 g/mol. The molecule has 1 amide bonds. The van der Waals surface area contributed by atoms with Gasteiger partial charge in [-0.05, 0) is 36.4 Å². The zero-order valence-corrected chi connectivity index (χ0v) is 9.76. The number of amides is 1. The van der Waals surface area contributed by atoms with Gasteiger partial charge in [-0.1, -0.05) is 0 Å². The van der Waals surface area contributed by atoms with Crippen LogP contribution in [0.5, 0.6) is 0 Å². The van der Waals surface area contributed by atoms with Gasteiger partial charge in [0.15, 0.2) is 0 Å². The van der Waals surface area contributed by atoms with Gasteiger partial charge in [0.1, 0.15) is 29.0 Å². The molecule has 0 aliphatic carbocycles. The highest BCUT2D eigenvalue weighted by Crippen LogP contribution is 2.23. The first kappa shape index (κ1) is 12.6. The van der Waals surface area contributed by atoms with Gasteiger partial charge in [0, 0.05) is 11.6 Å². The van der Waals surface area contributed by atoms with Crippen LogP contribution in [0.4, 0.5) is 4.39 Å². The van der Waals surface area contributed by atoms with E-state index in [1.807, 2.05) is 0 Å². The van der Waals surface area contributed by atoms with E-state index in [0.29, 0.717) is 17.1 Å². The lowest BCUT2D eigenvalue weighted by molar-refractivity contribution is -0.114. The molecule has 2 rings (SSSR count). The normalized spacial score (nSPS) is 11.1. The Morgan fingerprint density at radius 2 is 1.95 bits per heavy atom. The average Bonchev–Trinajstić information content (AvgIpc) is 2.85. The van der Waals surface area contributed by atoms with Gasteiger partial charge in [0.25, 0.3) is 5.91 Å². The van der Waals surface area contributed by atoms with E-state index in [2.05, 4.69) is 0 Å². The Labute approximate surface area is 108 Å². The molecule has 0 fully saturated rings. The first-order valence-corrected chi connectivity index (χ1v) is 5.37. The molecule has 1 aromatic heterocycles. The van der Waals surface area contributed by atoms with E-state index in [9.17, 15) is 9.18 Å². The van der Waals surface area contributed by atoms with Gasteiger partial charge >= 0.3 is 0 Å². The molecule has 0 bridgehead atoms. The van der Waals surface area contributed by atoms with Crippen molar-refractivity contribution in [2.75, 3.05) is 0 Å². The van der Waals surface area contributed by atoms with Crippen LogP contribution >= 0.6 is 0 Å². The third kappa shape index (κ3) is 2.87. The van der Waals surface area contributed by atoms with E-state index in [4.69, 9.17) is 15.4 Å². The first-order chi connectivity index (χ1) is 9.10. The number of nitriles is 1.